The van der Waals surface area contributed by atoms with Crippen molar-refractivity contribution in [1.29, 1.82) is 0 Å². The Morgan fingerprint density at radius 3 is 2.75 bits per heavy atom. The Balaban J connectivity index is 1.47. The molecule has 1 fully saturated rings. The van der Waals surface area contributed by atoms with Gasteiger partial charge in [0.25, 0.3) is 11.8 Å². The van der Waals surface area contributed by atoms with Crippen molar-refractivity contribution < 1.29 is 23.9 Å². The van der Waals surface area contributed by atoms with Crippen molar-refractivity contribution in [3.63, 3.8) is 0 Å². The molecule has 11 nitrogen and oxygen atoms in total. The van der Waals surface area contributed by atoms with Crippen LogP contribution in [0.1, 0.15) is 48.2 Å². The molecule has 0 spiro atoms. The van der Waals surface area contributed by atoms with Gasteiger partial charge in [-0.05, 0) is 69.0 Å². The van der Waals surface area contributed by atoms with E-state index in [2.05, 4.69) is 25.9 Å². The van der Waals surface area contributed by atoms with E-state index in [4.69, 9.17) is 9.47 Å². The van der Waals surface area contributed by atoms with E-state index >= 15 is 0 Å². The van der Waals surface area contributed by atoms with Crippen LogP contribution in [-0.4, -0.2) is 92.0 Å². The van der Waals surface area contributed by atoms with E-state index in [0.717, 1.165) is 25.2 Å². The van der Waals surface area contributed by atoms with Gasteiger partial charge >= 0.3 is 0 Å². The number of nitrogens with zero attached hydrogens (tertiary/aromatic N) is 3. The predicted molar refractivity (Wildman–Crippen MR) is 168 cm³/mol. The topological polar surface area (TPSA) is 127 Å². The van der Waals surface area contributed by atoms with E-state index < -0.39 is 5.41 Å². The Morgan fingerprint density at radius 1 is 1.07 bits per heavy atom. The summed E-state index contributed by atoms with van der Waals surface area (Å²) < 4.78 is 12.8. The molecule has 3 aromatic rings. The van der Waals surface area contributed by atoms with Gasteiger partial charge in [0.1, 0.15) is 11.4 Å². The molecule has 1 unspecified atom stereocenters. The number of aromatic nitrogens is 2. The molecular formula is C33H44N6O5. The number of methoxy groups -OCH3 is 1. The second kappa shape index (κ2) is 15.2. The first-order valence-corrected chi connectivity index (χ1v) is 15.7. The van der Waals surface area contributed by atoms with Crippen molar-refractivity contribution in [2.45, 2.75) is 45.1 Å². The maximum Gasteiger partial charge on any atom is 0.270 e. The van der Waals surface area contributed by atoms with Crippen LogP contribution < -0.4 is 20.7 Å². The van der Waals surface area contributed by atoms with E-state index in [0.29, 0.717) is 61.3 Å². The maximum atomic E-state index is 14.2. The third-order valence-electron chi connectivity index (χ3n) is 8.55. The molecule has 2 aliphatic rings. The zero-order chi connectivity index (χ0) is 30.8. The minimum Gasteiger partial charge on any atom is -0.484 e. The molecule has 3 N–H and O–H groups in total. The molecule has 5 rings (SSSR count). The van der Waals surface area contributed by atoms with Crippen molar-refractivity contribution in [3.8, 4) is 5.75 Å². The summed E-state index contributed by atoms with van der Waals surface area (Å²) in [4.78, 5) is 43.1. The number of hydrogen-bond donors (Lipinski definition) is 3. The Hall–Kier alpha value is -3.96. The van der Waals surface area contributed by atoms with Gasteiger partial charge in [-0.1, -0.05) is 36.8 Å². The zero-order valence-electron chi connectivity index (χ0n) is 25.6. The fraction of sp³-hybridized carbons (Fsp3) is 0.515. The lowest BCUT2D eigenvalue weighted by Gasteiger charge is -2.34. The molecule has 2 bridgehead atoms. The Kier molecular flexibility index (Phi) is 10.8. The number of carbonyl (C=O) groups excluding carboxylic acids is 3. The summed E-state index contributed by atoms with van der Waals surface area (Å²) in [6.07, 6.45) is 5.15. The van der Waals surface area contributed by atoms with Crippen LogP contribution in [0.3, 0.4) is 0 Å². The lowest BCUT2D eigenvalue weighted by molar-refractivity contribution is -0.131. The van der Waals surface area contributed by atoms with Gasteiger partial charge in [0.2, 0.25) is 5.91 Å². The van der Waals surface area contributed by atoms with Crippen LogP contribution in [0.5, 0.6) is 5.75 Å². The molecule has 1 aromatic heterocycles. The third kappa shape index (κ3) is 7.95. The lowest BCUT2D eigenvalue weighted by atomic mass is 9.76. The monoisotopic (exact) mass is 604 g/mol. The van der Waals surface area contributed by atoms with E-state index in [-0.39, 0.29) is 37.4 Å². The summed E-state index contributed by atoms with van der Waals surface area (Å²) in [5.41, 5.74) is 1.01. The van der Waals surface area contributed by atoms with Crippen molar-refractivity contribution >= 4 is 28.6 Å². The van der Waals surface area contributed by atoms with Gasteiger partial charge in [0, 0.05) is 45.3 Å². The van der Waals surface area contributed by atoms with E-state index in [1.165, 1.54) is 19.3 Å². The van der Waals surface area contributed by atoms with Crippen molar-refractivity contribution in [2.75, 3.05) is 59.6 Å². The van der Waals surface area contributed by atoms with Gasteiger partial charge in [-0.3, -0.25) is 19.1 Å². The number of likely N-dealkylation sites (tertiary alicyclic amines) is 1. The molecule has 0 saturated carbocycles. The lowest BCUT2D eigenvalue weighted by Crippen LogP contribution is -2.51. The summed E-state index contributed by atoms with van der Waals surface area (Å²) in [5.74, 6) is -0.138. The van der Waals surface area contributed by atoms with Gasteiger partial charge in [-0.15, -0.1) is 0 Å². The fourth-order valence-corrected chi connectivity index (χ4v) is 6.22. The first-order valence-electron chi connectivity index (χ1n) is 15.7. The number of amides is 3. The molecule has 236 valence electrons. The molecule has 11 heteroatoms. The third-order valence-corrected chi connectivity index (χ3v) is 8.55. The minimum absolute atomic E-state index is 0.101. The quantitative estimate of drug-likeness (QED) is 0.338. The molecule has 44 heavy (non-hydrogen) atoms. The van der Waals surface area contributed by atoms with Crippen LogP contribution in [0.25, 0.3) is 10.9 Å². The van der Waals surface area contributed by atoms with E-state index in [1.54, 1.807) is 17.9 Å². The van der Waals surface area contributed by atoms with Gasteiger partial charge in [0.15, 0.2) is 6.61 Å². The molecular weight excluding hydrogens is 560 g/mol. The van der Waals surface area contributed by atoms with Crippen LogP contribution in [0.15, 0.2) is 48.5 Å². The number of nitrogens with one attached hydrogen (secondary N) is 3. The molecule has 0 aliphatic carbocycles. The largest absolute Gasteiger partial charge is 0.484 e. The Morgan fingerprint density at radius 2 is 1.91 bits per heavy atom. The standard InChI is InChI=1S/C33H44N6O5/c1-43-20-8-13-33(32(42)35-14-18-38-16-5-2-6-17-38)22-25-9-7-10-26(21-25)44-23-29(40)34-15-19-39-30(31(41)36-24-33)27-11-3-4-12-28(27)37-39/h3-4,7,9-12,21H,2,5-6,8,13-20,22-24H2,1H3,(H,34,40)(H,35,42)(H,36,41). The van der Waals surface area contributed by atoms with Crippen LogP contribution in [0.2, 0.25) is 0 Å². The molecule has 3 amide bonds. The molecule has 1 saturated heterocycles. The van der Waals surface area contributed by atoms with E-state index in [1.807, 2.05) is 42.5 Å². The zero-order valence-corrected chi connectivity index (χ0v) is 25.6. The number of rotatable bonds is 8. The number of piperidine rings is 1. The van der Waals surface area contributed by atoms with Gasteiger partial charge in [-0.2, -0.15) is 5.10 Å². The van der Waals surface area contributed by atoms with Crippen LogP contribution >= 0.6 is 0 Å². The predicted octanol–water partition coefficient (Wildman–Crippen LogP) is 2.53. The summed E-state index contributed by atoms with van der Waals surface area (Å²) in [6.45, 7) is 4.49. The number of ether oxygens (including phenoxy) is 2. The highest BCUT2D eigenvalue weighted by Gasteiger charge is 2.39. The van der Waals surface area contributed by atoms with Crippen LogP contribution in [0, 0.1) is 5.41 Å². The van der Waals surface area contributed by atoms with Crippen LogP contribution in [-0.2, 0) is 27.3 Å². The summed E-state index contributed by atoms with van der Waals surface area (Å²) >= 11 is 0. The van der Waals surface area contributed by atoms with Crippen molar-refractivity contribution in [1.82, 2.24) is 30.6 Å². The first-order chi connectivity index (χ1) is 21.5. The normalized spacial score (nSPS) is 20.3. The number of benzene rings is 2. The van der Waals surface area contributed by atoms with Crippen molar-refractivity contribution in [3.05, 3.63) is 59.8 Å². The molecule has 2 aromatic carbocycles. The average Bonchev–Trinajstić information content (AvgIpc) is 3.41. The average molecular weight is 605 g/mol. The summed E-state index contributed by atoms with van der Waals surface area (Å²) in [5, 5.41) is 14.5. The highest BCUT2D eigenvalue weighted by Crippen LogP contribution is 2.31. The summed E-state index contributed by atoms with van der Waals surface area (Å²) in [7, 11) is 1.65. The fourth-order valence-electron chi connectivity index (χ4n) is 6.22. The SMILES string of the molecule is COCCCC1(C(=O)NCCN2CCCCC2)CNC(=O)c2c3ccccc3nn2CCNC(=O)COc2cccc(c2)C1. The van der Waals surface area contributed by atoms with E-state index in [9.17, 15) is 14.4 Å². The molecule has 0 radical (unpaired) electrons. The number of carbonyl (C=O) groups is 3. The Labute approximate surface area is 258 Å². The second-order valence-corrected chi connectivity index (χ2v) is 11.8. The van der Waals surface area contributed by atoms with Gasteiger partial charge in [0.05, 0.1) is 17.5 Å². The molecule has 2 aliphatic heterocycles. The summed E-state index contributed by atoms with van der Waals surface area (Å²) in [6, 6.07) is 14.9. The number of hydrogen-bond acceptors (Lipinski definition) is 7. The highest BCUT2D eigenvalue weighted by molar-refractivity contribution is 6.05. The molecule has 1 atom stereocenters. The van der Waals surface area contributed by atoms with Gasteiger partial charge in [-0.25, -0.2) is 0 Å². The maximum absolute atomic E-state index is 14.2. The minimum atomic E-state index is -0.955. The second-order valence-electron chi connectivity index (χ2n) is 11.8. The highest BCUT2D eigenvalue weighted by atomic mass is 16.5. The van der Waals surface area contributed by atoms with Gasteiger partial charge < -0.3 is 30.3 Å². The van der Waals surface area contributed by atoms with Crippen molar-refractivity contribution in [2.24, 2.45) is 5.41 Å². The Bertz CT molecular complexity index is 1440. The molecule has 3 heterocycles. The first kappa shape index (κ1) is 31.5. The smallest absolute Gasteiger partial charge is 0.270 e. The number of fused-ring (bicyclic) bond motifs is 5. The van der Waals surface area contributed by atoms with Crippen LogP contribution in [0.4, 0.5) is 0 Å².